The summed E-state index contributed by atoms with van der Waals surface area (Å²) in [5.74, 6) is 0.412. The predicted octanol–water partition coefficient (Wildman–Crippen LogP) is 4.37. The number of halogens is 2. The third-order valence-electron chi connectivity index (χ3n) is 5.30. The molecule has 136 valence electrons. The number of nitrogens with zero attached hydrogens (tertiary/aromatic N) is 1. The van der Waals surface area contributed by atoms with Gasteiger partial charge in [0.2, 0.25) is 5.91 Å². The summed E-state index contributed by atoms with van der Waals surface area (Å²) in [6.07, 6.45) is 10.5. The summed E-state index contributed by atoms with van der Waals surface area (Å²) in [6, 6.07) is 4.93. The van der Waals surface area contributed by atoms with Crippen LogP contribution in [0.25, 0.3) is 6.08 Å². The SMILES string of the molecule is O=C(C=Cc1cc(Br)ccc1F)NC1CCN(CC2CCCC2)CC1. The first kappa shape index (κ1) is 18.6. The summed E-state index contributed by atoms with van der Waals surface area (Å²) in [5.41, 5.74) is 0.413. The Morgan fingerprint density at radius 3 is 2.68 bits per heavy atom. The van der Waals surface area contributed by atoms with E-state index in [0.29, 0.717) is 5.56 Å². The number of carbonyl (C=O) groups excluding carboxylic acids is 1. The van der Waals surface area contributed by atoms with Crippen LogP contribution in [0.3, 0.4) is 0 Å². The number of amides is 1. The molecule has 1 heterocycles. The van der Waals surface area contributed by atoms with E-state index in [1.54, 1.807) is 12.1 Å². The Hall–Kier alpha value is -1.20. The standard InChI is InChI=1S/C20H26BrFN2O/c21-17-6-7-19(22)16(13-17)5-8-20(25)23-18-9-11-24(12-10-18)14-15-3-1-2-4-15/h5-8,13,15,18H,1-4,9-12,14H2,(H,23,25). The Bertz CT molecular complexity index is 620. The van der Waals surface area contributed by atoms with Crippen LogP contribution in [0.4, 0.5) is 4.39 Å². The summed E-state index contributed by atoms with van der Waals surface area (Å²) in [5, 5.41) is 3.05. The Morgan fingerprint density at radius 2 is 1.96 bits per heavy atom. The monoisotopic (exact) mass is 408 g/mol. The van der Waals surface area contributed by atoms with Crippen LogP contribution >= 0.6 is 15.9 Å². The highest BCUT2D eigenvalue weighted by molar-refractivity contribution is 9.10. The topological polar surface area (TPSA) is 32.3 Å². The van der Waals surface area contributed by atoms with Gasteiger partial charge in [-0.3, -0.25) is 4.79 Å². The normalized spacial score (nSPS) is 20.4. The maximum Gasteiger partial charge on any atom is 0.244 e. The number of hydrogen-bond acceptors (Lipinski definition) is 2. The van der Waals surface area contributed by atoms with Gasteiger partial charge in [-0.25, -0.2) is 4.39 Å². The molecule has 1 amide bonds. The molecule has 1 aromatic rings. The van der Waals surface area contributed by atoms with Crippen molar-refractivity contribution >= 4 is 27.9 Å². The highest BCUT2D eigenvalue weighted by atomic mass is 79.9. The number of carbonyl (C=O) groups is 1. The molecule has 3 rings (SSSR count). The molecule has 2 fully saturated rings. The highest BCUT2D eigenvalue weighted by Crippen LogP contribution is 2.26. The number of nitrogens with one attached hydrogen (secondary N) is 1. The zero-order valence-corrected chi connectivity index (χ0v) is 16.1. The molecule has 25 heavy (non-hydrogen) atoms. The maximum absolute atomic E-state index is 13.7. The Labute approximate surface area is 157 Å². The zero-order valence-electron chi connectivity index (χ0n) is 14.5. The van der Waals surface area contributed by atoms with Gasteiger partial charge in [0.1, 0.15) is 5.82 Å². The summed E-state index contributed by atoms with van der Waals surface area (Å²) in [6.45, 7) is 3.35. The lowest BCUT2D eigenvalue weighted by Crippen LogP contribution is -2.45. The van der Waals surface area contributed by atoms with Gasteiger partial charge in [0.05, 0.1) is 0 Å². The van der Waals surface area contributed by atoms with Gasteiger partial charge in [-0.05, 0) is 55.9 Å². The number of likely N-dealkylation sites (tertiary alicyclic amines) is 1. The number of piperidine rings is 1. The van der Waals surface area contributed by atoms with Crippen LogP contribution in [0.1, 0.15) is 44.1 Å². The fraction of sp³-hybridized carbons (Fsp3) is 0.550. The van der Waals surface area contributed by atoms with Crippen molar-refractivity contribution in [2.75, 3.05) is 19.6 Å². The summed E-state index contributed by atoms with van der Waals surface area (Å²) < 4.78 is 14.5. The van der Waals surface area contributed by atoms with Crippen LogP contribution in [0.2, 0.25) is 0 Å². The van der Waals surface area contributed by atoms with E-state index in [-0.39, 0.29) is 17.8 Å². The quantitative estimate of drug-likeness (QED) is 0.733. The molecule has 2 aliphatic rings. The van der Waals surface area contributed by atoms with Crippen LogP contribution in [-0.2, 0) is 4.79 Å². The molecule has 5 heteroatoms. The first-order valence-corrected chi connectivity index (χ1v) is 10.1. The van der Waals surface area contributed by atoms with E-state index in [1.807, 2.05) is 0 Å². The third-order valence-corrected chi connectivity index (χ3v) is 5.79. The van der Waals surface area contributed by atoms with Crippen LogP contribution in [0, 0.1) is 11.7 Å². The van der Waals surface area contributed by atoms with Gasteiger partial charge in [-0.2, -0.15) is 0 Å². The van der Waals surface area contributed by atoms with Gasteiger partial charge in [-0.1, -0.05) is 28.8 Å². The van der Waals surface area contributed by atoms with Crippen LogP contribution < -0.4 is 5.32 Å². The minimum absolute atomic E-state index is 0.145. The third kappa shape index (κ3) is 5.65. The second-order valence-electron chi connectivity index (χ2n) is 7.23. The smallest absolute Gasteiger partial charge is 0.244 e. The van der Waals surface area contributed by atoms with Gasteiger partial charge in [0.15, 0.2) is 0 Å². The molecule has 1 aromatic carbocycles. The minimum Gasteiger partial charge on any atom is -0.350 e. The molecule has 0 spiro atoms. The van der Waals surface area contributed by atoms with Crippen molar-refractivity contribution in [1.29, 1.82) is 0 Å². The van der Waals surface area contributed by atoms with Crippen molar-refractivity contribution in [3.8, 4) is 0 Å². The van der Waals surface area contributed by atoms with E-state index in [4.69, 9.17) is 0 Å². The van der Waals surface area contributed by atoms with E-state index >= 15 is 0 Å². The second-order valence-corrected chi connectivity index (χ2v) is 8.15. The van der Waals surface area contributed by atoms with Gasteiger partial charge in [0.25, 0.3) is 0 Å². The van der Waals surface area contributed by atoms with E-state index in [9.17, 15) is 9.18 Å². The van der Waals surface area contributed by atoms with E-state index < -0.39 is 0 Å². The first-order valence-electron chi connectivity index (χ1n) is 9.26. The molecule has 3 nitrogen and oxygen atoms in total. The van der Waals surface area contributed by atoms with Crippen LogP contribution in [-0.4, -0.2) is 36.5 Å². The fourth-order valence-corrected chi connectivity index (χ4v) is 4.25. The molecule has 1 saturated heterocycles. The lowest BCUT2D eigenvalue weighted by molar-refractivity contribution is -0.117. The summed E-state index contributed by atoms with van der Waals surface area (Å²) >= 11 is 3.31. The lowest BCUT2D eigenvalue weighted by atomic mass is 10.0. The minimum atomic E-state index is -0.326. The molecule has 0 unspecified atom stereocenters. The van der Waals surface area contributed by atoms with Crippen LogP contribution in [0.5, 0.6) is 0 Å². The van der Waals surface area contributed by atoms with Crippen molar-refractivity contribution in [3.05, 3.63) is 40.1 Å². The summed E-state index contributed by atoms with van der Waals surface area (Å²) in [7, 11) is 0. The zero-order chi connectivity index (χ0) is 17.6. The van der Waals surface area contributed by atoms with E-state index in [1.165, 1.54) is 50.4 Å². The molecule has 0 atom stereocenters. The molecule has 1 saturated carbocycles. The second kappa shape index (κ2) is 8.95. The van der Waals surface area contributed by atoms with Crippen molar-refractivity contribution < 1.29 is 9.18 Å². The molecular weight excluding hydrogens is 383 g/mol. The molecule has 0 aromatic heterocycles. The Kier molecular flexibility index (Phi) is 6.65. The van der Waals surface area contributed by atoms with Crippen molar-refractivity contribution in [2.45, 2.75) is 44.6 Å². The molecule has 1 aliphatic heterocycles. The van der Waals surface area contributed by atoms with Crippen LogP contribution in [0.15, 0.2) is 28.7 Å². The average molecular weight is 409 g/mol. The predicted molar refractivity (Wildman–Crippen MR) is 103 cm³/mol. The molecule has 0 radical (unpaired) electrons. The van der Waals surface area contributed by atoms with E-state index in [0.717, 1.165) is 36.3 Å². The number of hydrogen-bond donors (Lipinski definition) is 1. The van der Waals surface area contributed by atoms with Gasteiger partial charge in [-0.15, -0.1) is 0 Å². The molecular formula is C20H26BrFN2O. The molecule has 1 N–H and O–H groups in total. The molecule has 0 bridgehead atoms. The fourth-order valence-electron chi connectivity index (χ4n) is 3.88. The van der Waals surface area contributed by atoms with E-state index in [2.05, 4.69) is 26.1 Å². The number of rotatable bonds is 5. The largest absolute Gasteiger partial charge is 0.350 e. The van der Waals surface area contributed by atoms with Gasteiger partial charge in [0, 0.05) is 41.8 Å². The highest BCUT2D eigenvalue weighted by Gasteiger charge is 2.23. The Balaban J connectivity index is 1.43. The summed E-state index contributed by atoms with van der Waals surface area (Å²) in [4.78, 5) is 14.6. The maximum atomic E-state index is 13.7. The van der Waals surface area contributed by atoms with Gasteiger partial charge >= 0.3 is 0 Å². The number of benzene rings is 1. The first-order chi connectivity index (χ1) is 12.1. The van der Waals surface area contributed by atoms with Crippen molar-refractivity contribution in [2.24, 2.45) is 5.92 Å². The Morgan fingerprint density at radius 1 is 1.24 bits per heavy atom. The molecule has 1 aliphatic carbocycles. The average Bonchev–Trinajstić information content (AvgIpc) is 3.10. The van der Waals surface area contributed by atoms with Crippen molar-refractivity contribution in [1.82, 2.24) is 10.2 Å². The van der Waals surface area contributed by atoms with Crippen molar-refractivity contribution in [3.63, 3.8) is 0 Å². The lowest BCUT2D eigenvalue weighted by Gasteiger charge is -2.33. The van der Waals surface area contributed by atoms with Gasteiger partial charge < -0.3 is 10.2 Å².